The van der Waals surface area contributed by atoms with Crippen molar-refractivity contribution in [3.8, 4) is 0 Å². The Morgan fingerprint density at radius 1 is 1.23 bits per heavy atom. The number of aryl methyl sites for hydroxylation is 2. The van der Waals surface area contributed by atoms with E-state index in [2.05, 4.69) is 28.8 Å². The number of nitrogens with zero attached hydrogens (tertiary/aromatic N) is 4. The van der Waals surface area contributed by atoms with Gasteiger partial charge in [-0.2, -0.15) is 0 Å². The third-order valence-electron chi connectivity index (χ3n) is 4.49. The Kier molecular flexibility index (Phi) is 5.98. The average molecular weight is 517 g/mol. The standard InChI is InChI=1S/C15H22N4O2.Ac/c1-5-10-11(6-2)21-15(13(10)20)19-9(4)18-12-8(3)16-7-17-14(12)19;/h7,10-11,13,15,20H,5-6H2,1-4H3;/t10?,11-,13?,15-;/m1./s1. The van der Waals surface area contributed by atoms with E-state index in [-0.39, 0.29) is 56.1 Å². The summed E-state index contributed by atoms with van der Waals surface area (Å²) in [4.78, 5) is 13.1. The van der Waals surface area contributed by atoms with Gasteiger partial charge in [0.1, 0.15) is 23.8 Å². The first-order chi connectivity index (χ1) is 10.1. The summed E-state index contributed by atoms with van der Waals surface area (Å²) in [6, 6.07) is 0. The molecule has 1 fully saturated rings. The van der Waals surface area contributed by atoms with E-state index in [0.717, 1.165) is 35.5 Å². The van der Waals surface area contributed by atoms with Gasteiger partial charge in [0.25, 0.3) is 0 Å². The number of hydrogen-bond donors (Lipinski definition) is 1. The topological polar surface area (TPSA) is 73.1 Å². The second-order valence-corrected chi connectivity index (χ2v) is 5.70. The Morgan fingerprint density at radius 2 is 1.95 bits per heavy atom. The second kappa shape index (κ2) is 7.21. The van der Waals surface area contributed by atoms with Crippen LogP contribution in [0, 0.1) is 63.8 Å². The van der Waals surface area contributed by atoms with E-state index in [4.69, 9.17) is 4.74 Å². The Morgan fingerprint density at radius 3 is 2.55 bits per heavy atom. The summed E-state index contributed by atoms with van der Waals surface area (Å²) in [5.74, 6) is 0.948. The van der Waals surface area contributed by atoms with Crippen LogP contribution in [0.15, 0.2) is 6.33 Å². The Hall–Kier alpha value is -0.0884. The van der Waals surface area contributed by atoms with Gasteiger partial charge in [0.2, 0.25) is 0 Å². The van der Waals surface area contributed by atoms with Crippen molar-refractivity contribution >= 4 is 11.2 Å². The molecule has 2 unspecified atom stereocenters. The first kappa shape index (κ1) is 18.3. The molecule has 0 saturated carbocycles. The van der Waals surface area contributed by atoms with Crippen LogP contribution in [0.1, 0.15) is 44.4 Å². The van der Waals surface area contributed by atoms with Crippen molar-refractivity contribution in [1.29, 1.82) is 0 Å². The van der Waals surface area contributed by atoms with E-state index in [1.807, 2.05) is 18.4 Å². The number of aliphatic hydroxyl groups excluding tert-OH is 1. The zero-order chi connectivity index (χ0) is 15.1. The van der Waals surface area contributed by atoms with Crippen molar-refractivity contribution in [1.82, 2.24) is 19.5 Å². The van der Waals surface area contributed by atoms with Crippen molar-refractivity contribution in [3.63, 3.8) is 0 Å². The monoisotopic (exact) mass is 517 g/mol. The SMILES string of the molecule is CCC1C(O)[C@H](n2c(C)nc3c(C)ncnc32)O[C@@H]1CC.[Ac]. The van der Waals surface area contributed by atoms with Crippen LogP contribution >= 0.6 is 0 Å². The van der Waals surface area contributed by atoms with Crippen molar-refractivity contribution in [2.24, 2.45) is 5.92 Å². The molecule has 6 nitrogen and oxygen atoms in total. The van der Waals surface area contributed by atoms with Crippen LogP contribution in [-0.4, -0.2) is 36.8 Å². The largest absolute Gasteiger partial charge is 0.388 e. The number of fused-ring (bicyclic) bond motifs is 1. The van der Waals surface area contributed by atoms with Crippen LogP contribution in [0.4, 0.5) is 0 Å². The molecule has 0 bridgehead atoms. The fourth-order valence-electron chi connectivity index (χ4n) is 3.34. The summed E-state index contributed by atoms with van der Waals surface area (Å²) in [6.07, 6.45) is 2.45. The summed E-state index contributed by atoms with van der Waals surface area (Å²) in [5, 5.41) is 10.7. The minimum atomic E-state index is -0.536. The molecule has 3 heterocycles. The first-order valence-corrected chi connectivity index (χ1v) is 7.58. The molecule has 0 aromatic carbocycles. The number of rotatable bonds is 3. The molecule has 0 spiro atoms. The normalized spacial score (nSPS) is 28.0. The molecule has 7 heteroatoms. The van der Waals surface area contributed by atoms with Gasteiger partial charge >= 0.3 is 0 Å². The maximum absolute atomic E-state index is 10.7. The molecule has 1 aliphatic heterocycles. The van der Waals surface area contributed by atoms with Crippen LogP contribution in [0.3, 0.4) is 0 Å². The van der Waals surface area contributed by atoms with E-state index in [1.54, 1.807) is 0 Å². The average Bonchev–Trinajstić information content (AvgIpc) is 2.96. The molecular weight excluding hydrogens is 495 g/mol. The minimum absolute atomic E-state index is 0. The van der Waals surface area contributed by atoms with Crippen molar-refractivity contribution < 1.29 is 53.9 Å². The Bertz CT molecular complexity index is 660. The van der Waals surface area contributed by atoms with Crippen molar-refractivity contribution in [2.75, 3.05) is 0 Å². The Labute approximate surface area is 166 Å². The zero-order valence-corrected chi connectivity index (χ0v) is 18.3. The van der Waals surface area contributed by atoms with Gasteiger partial charge in [-0.25, -0.2) is 15.0 Å². The maximum atomic E-state index is 10.7. The fourth-order valence-corrected chi connectivity index (χ4v) is 3.34. The number of hydrogen-bond acceptors (Lipinski definition) is 5. The van der Waals surface area contributed by atoms with Gasteiger partial charge < -0.3 is 9.84 Å². The maximum Gasteiger partial charge on any atom is 0.165 e. The number of aromatic nitrogens is 4. The van der Waals surface area contributed by atoms with Crippen LogP contribution in [0.2, 0.25) is 0 Å². The quantitative estimate of drug-likeness (QED) is 0.676. The van der Waals surface area contributed by atoms with Gasteiger partial charge in [-0.1, -0.05) is 13.8 Å². The first-order valence-electron chi connectivity index (χ1n) is 7.58. The second-order valence-electron chi connectivity index (χ2n) is 5.70. The fraction of sp³-hybridized carbons (Fsp3) is 0.667. The van der Waals surface area contributed by atoms with Gasteiger partial charge in [-0.05, 0) is 26.7 Å². The molecule has 3 rings (SSSR count). The molecule has 0 amide bonds. The van der Waals surface area contributed by atoms with E-state index in [1.165, 1.54) is 6.33 Å². The summed E-state index contributed by atoms with van der Waals surface area (Å²) in [6.45, 7) is 8.01. The van der Waals surface area contributed by atoms with Gasteiger partial charge in [0.05, 0.1) is 11.8 Å². The van der Waals surface area contributed by atoms with E-state index >= 15 is 0 Å². The van der Waals surface area contributed by atoms with Crippen molar-refractivity contribution in [3.05, 3.63) is 17.8 Å². The molecule has 22 heavy (non-hydrogen) atoms. The summed E-state index contributed by atoms with van der Waals surface area (Å²) in [5.41, 5.74) is 2.35. The van der Waals surface area contributed by atoms with E-state index in [9.17, 15) is 5.11 Å². The molecule has 1 aliphatic rings. The molecule has 1 radical (unpaired) electrons. The predicted molar refractivity (Wildman–Crippen MR) is 78.8 cm³/mol. The summed E-state index contributed by atoms with van der Waals surface area (Å²) >= 11 is 0. The van der Waals surface area contributed by atoms with E-state index in [0.29, 0.717) is 0 Å². The smallest absolute Gasteiger partial charge is 0.165 e. The number of aliphatic hydroxyl groups is 1. The third kappa shape index (κ3) is 2.86. The van der Waals surface area contributed by atoms with Crippen LogP contribution in [0.5, 0.6) is 0 Å². The van der Waals surface area contributed by atoms with Crippen LogP contribution in [0.25, 0.3) is 11.2 Å². The van der Waals surface area contributed by atoms with Crippen LogP contribution < -0.4 is 0 Å². The molecule has 117 valence electrons. The summed E-state index contributed by atoms with van der Waals surface area (Å²) < 4.78 is 8.02. The summed E-state index contributed by atoms with van der Waals surface area (Å²) in [7, 11) is 0. The molecule has 0 aliphatic carbocycles. The van der Waals surface area contributed by atoms with Crippen LogP contribution in [-0.2, 0) is 4.74 Å². The predicted octanol–water partition coefficient (Wildman–Crippen LogP) is 2.14. The molecule has 2 aromatic rings. The van der Waals surface area contributed by atoms with Gasteiger partial charge in [-0.15, -0.1) is 0 Å². The van der Waals surface area contributed by atoms with E-state index < -0.39 is 12.3 Å². The number of ether oxygens (including phenoxy) is 1. The molecular formula is C15H22AcN4O2. The minimum Gasteiger partial charge on any atom is -0.388 e. The van der Waals surface area contributed by atoms with Crippen molar-refractivity contribution in [2.45, 2.75) is 59.0 Å². The molecule has 2 aromatic heterocycles. The van der Waals surface area contributed by atoms with Gasteiger partial charge in [0, 0.05) is 50.0 Å². The molecule has 1 saturated heterocycles. The zero-order valence-electron chi connectivity index (χ0n) is 13.5. The molecule has 1 N–H and O–H groups in total. The molecule has 4 atom stereocenters. The Balaban J connectivity index is 0.00000176. The number of imidazole rings is 1. The van der Waals surface area contributed by atoms with Gasteiger partial charge in [-0.3, -0.25) is 4.57 Å². The van der Waals surface area contributed by atoms with Gasteiger partial charge in [0.15, 0.2) is 11.9 Å². The third-order valence-corrected chi connectivity index (χ3v) is 4.49.